The Balaban J connectivity index is 2.13. The molecule has 2 heterocycles. The third-order valence-corrected chi connectivity index (χ3v) is 5.97. The molecule has 2 unspecified atom stereocenters. The Morgan fingerprint density at radius 2 is 2.33 bits per heavy atom. The van der Waals surface area contributed by atoms with Crippen molar-refractivity contribution in [2.24, 2.45) is 0 Å². The molecule has 1 N–H and O–H groups in total. The molecule has 0 spiro atoms. The summed E-state index contributed by atoms with van der Waals surface area (Å²) in [7, 11) is -1.10. The molecule has 1 fully saturated rings. The molecule has 0 amide bonds. The highest BCUT2D eigenvalue weighted by Crippen LogP contribution is 2.23. The summed E-state index contributed by atoms with van der Waals surface area (Å²) in [5, 5.41) is 2.92. The molecule has 0 radical (unpaired) electrons. The first-order valence-electron chi connectivity index (χ1n) is 6.41. The minimum atomic E-state index is -2.94. The molecule has 1 saturated heterocycles. The maximum atomic E-state index is 12.1. The Morgan fingerprint density at radius 1 is 1.50 bits per heavy atom. The fourth-order valence-electron chi connectivity index (χ4n) is 2.62. The molecule has 100 valence electrons. The molecule has 2 rings (SSSR count). The zero-order valence-electron chi connectivity index (χ0n) is 10.7. The number of nitrogens with zero attached hydrogens (tertiary/aromatic N) is 1. The van der Waals surface area contributed by atoms with Gasteiger partial charge in [0.15, 0.2) is 9.84 Å². The molecule has 2 atom stereocenters. The van der Waals surface area contributed by atoms with Crippen molar-refractivity contribution in [3.05, 3.63) is 30.1 Å². The van der Waals surface area contributed by atoms with Crippen molar-refractivity contribution < 1.29 is 8.42 Å². The zero-order valence-corrected chi connectivity index (χ0v) is 11.5. The zero-order chi connectivity index (χ0) is 13.0. The summed E-state index contributed by atoms with van der Waals surface area (Å²) in [4.78, 5) is 4.08. The van der Waals surface area contributed by atoms with Gasteiger partial charge in [0.05, 0.1) is 11.0 Å². The van der Waals surface area contributed by atoms with Gasteiger partial charge in [0.25, 0.3) is 0 Å². The second kappa shape index (κ2) is 5.80. The third kappa shape index (κ3) is 3.09. The van der Waals surface area contributed by atoms with Crippen LogP contribution in [0.4, 0.5) is 0 Å². The van der Waals surface area contributed by atoms with Crippen molar-refractivity contribution in [1.29, 1.82) is 0 Å². The van der Waals surface area contributed by atoms with E-state index in [1.165, 1.54) is 0 Å². The topological polar surface area (TPSA) is 59.1 Å². The highest BCUT2D eigenvalue weighted by Gasteiger charge is 2.34. The Labute approximate surface area is 109 Å². The summed E-state index contributed by atoms with van der Waals surface area (Å²) in [6, 6.07) is 3.86. The van der Waals surface area contributed by atoms with E-state index in [1.807, 2.05) is 19.2 Å². The average molecular weight is 268 g/mol. The van der Waals surface area contributed by atoms with Gasteiger partial charge in [0, 0.05) is 18.4 Å². The minimum absolute atomic E-state index is 0.0144. The van der Waals surface area contributed by atoms with Crippen molar-refractivity contribution >= 4 is 9.84 Å². The van der Waals surface area contributed by atoms with E-state index in [1.54, 1.807) is 12.4 Å². The molecule has 0 saturated carbocycles. The van der Waals surface area contributed by atoms with E-state index in [0.717, 1.165) is 24.8 Å². The first-order valence-corrected chi connectivity index (χ1v) is 8.13. The fraction of sp³-hybridized carbons (Fsp3) is 0.615. The van der Waals surface area contributed by atoms with Gasteiger partial charge in [-0.05, 0) is 37.9 Å². The van der Waals surface area contributed by atoms with Crippen LogP contribution in [0.25, 0.3) is 0 Å². The lowest BCUT2D eigenvalue weighted by molar-refractivity contribution is 0.456. The van der Waals surface area contributed by atoms with E-state index >= 15 is 0 Å². The average Bonchev–Trinajstić information content (AvgIpc) is 2.37. The van der Waals surface area contributed by atoms with Gasteiger partial charge in [-0.2, -0.15) is 0 Å². The lowest BCUT2D eigenvalue weighted by Crippen LogP contribution is -2.46. The summed E-state index contributed by atoms with van der Waals surface area (Å²) in [6.45, 7) is 0. The molecular formula is C13H20N2O2S. The highest BCUT2D eigenvalue weighted by atomic mass is 32.2. The van der Waals surface area contributed by atoms with Gasteiger partial charge in [0.1, 0.15) is 0 Å². The van der Waals surface area contributed by atoms with Crippen LogP contribution in [0.15, 0.2) is 24.5 Å². The number of nitrogens with one attached hydrogen (secondary N) is 1. The molecule has 0 aromatic carbocycles. The van der Waals surface area contributed by atoms with Crippen molar-refractivity contribution in [2.45, 2.75) is 37.0 Å². The fourth-order valence-corrected chi connectivity index (χ4v) is 4.79. The van der Waals surface area contributed by atoms with Gasteiger partial charge in [-0.1, -0.05) is 12.5 Å². The van der Waals surface area contributed by atoms with Crippen LogP contribution in [0.3, 0.4) is 0 Å². The summed E-state index contributed by atoms with van der Waals surface area (Å²) < 4.78 is 24.2. The van der Waals surface area contributed by atoms with E-state index in [9.17, 15) is 8.42 Å². The number of sulfone groups is 1. The molecule has 1 aliphatic heterocycles. The van der Waals surface area contributed by atoms with E-state index in [-0.39, 0.29) is 11.3 Å². The van der Waals surface area contributed by atoms with Gasteiger partial charge in [0.2, 0.25) is 0 Å². The van der Waals surface area contributed by atoms with Gasteiger partial charge in [-0.3, -0.25) is 4.98 Å². The van der Waals surface area contributed by atoms with Crippen LogP contribution in [0.1, 0.15) is 24.8 Å². The molecular weight excluding hydrogens is 248 g/mol. The van der Waals surface area contributed by atoms with Crippen molar-refractivity contribution in [1.82, 2.24) is 10.3 Å². The van der Waals surface area contributed by atoms with E-state index < -0.39 is 9.84 Å². The number of pyridine rings is 1. The monoisotopic (exact) mass is 268 g/mol. The van der Waals surface area contributed by atoms with E-state index in [0.29, 0.717) is 12.2 Å². The number of hydrogen-bond donors (Lipinski definition) is 1. The van der Waals surface area contributed by atoms with Crippen LogP contribution in [0.5, 0.6) is 0 Å². The second-order valence-electron chi connectivity index (χ2n) is 4.86. The predicted octanol–water partition coefficient (Wildman–Crippen LogP) is 1.18. The first-order chi connectivity index (χ1) is 8.63. The van der Waals surface area contributed by atoms with E-state index in [4.69, 9.17) is 0 Å². The Hall–Kier alpha value is -0.940. The number of likely N-dealkylation sites (N-methyl/N-ethyl adjacent to an activating group) is 1. The Morgan fingerprint density at radius 3 is 2.94 bits per heavy atom. The lowest BCUT2D eigenvalue weighted by atomic mass is 10.0. The van der Waals surface area contributed by atoms with Gasteiger partial charge in [-0.25, -0.2) is 8.42 Å². The quantitative estimate of drug-likeness (QED) is 0.891. The SMILES string of the molecule is CNC(Cc1cccnc1)C1CCCCS1(=O)=O. The van der Waals surface area contributed by atoms with Crippen LogP contribution < -0.4 is 5.32 Å². The maximum Gasteiger partial charge on any atom is 0.154 e. The Bertz CT molecular complexity index is 473. The maximum absolute atomic E-state index is 12.1. The molecule has 1 aliphatic rings. The normalized spacial score (nSPS) is 24.6. The summed E-state index contributed by atoms with van der Waals surface area (Å²) >= 11 is 0. The first kappa shape index (κ1) is 13.5. The number of rotatable bonds is 4. The smallest absolute Gasteiger partial charge is 0.154 e. The van der Waals surface area contributed by atoms with Crippen molar-refractivity contribution in [2.75, 3.05) is 12.8 Å². The van der Waals surface area contributed by atoms with Crippen molar-refractivity contribution in [3.63, 3.8) is 0 Å². The standard InChI is InChI=1S/C13H20N2O2S/c1-14-12(9-11-5-4-7-15-10-11)13-6-2-3-8-18(13,16)17/h4-5,7,10,12-14H,2-3,6,8-9H2,1H3. The van der Waals surface area contributed by atoms with Crippen LogP contribution in [0.2, 0.25) is 0 Å². The molecule has 4 nitrogen and oxygen atoms in total. The van der Waals surface area contributed by atoms with E-state index in [2.05, 4.69) is 10.3 Å². The molecule has 18 heavy (non-hydrogen) atoms. The molecule has 1 aromatic heterocycles. The molecule has 5 heteroatoms. The van der Waals surface area contributed by atoms with Gasteiger partial charge >= 0.3 is 0 Å². The summed E-state index contributed by atoms with van der Waals surface area (Å²) in [6.07, 6.45) is 6.84. The molecule has 0 aliphatic carbocycles. The van der Waals surface area contributed by atoms with Crippen LogP contribution in [0, 0.1) is 0 Å². The minimum Gasteiger partial charge on any atom is -0.315 e. The second-order valence-corrected chi connectivity index (χ2v) is 7.20. The largest absolute Gasteiger partial charge is 0.315 e. The third-order valence-electron chi connectivity index (χ3n) is 3.63. The number of hydrogen-bond acceptors (Lipinski definition) is 4. The summed E-state index contributed by atoms with van der Waals surface area (Å²) in [5.74, 6) is 0.336. The van der Waals surface area contributed by atoms with Crippen molar-refractivity contribution in [3.8, 4) is 0 Å². The predicted molar refractivity (Wildman–Crippen MR) is 72.2 cm³/mol. The van der Waals surface area contributed by atoms with Crippen LogP contribution in [-0.2, 0) is 16.3 Å². The Kier molecular flexibility index (Phi) is 4.35. The van der Waals surface area contributed by atoms with Crippen LogP contribution in [-0.4, -0.2) is 37.5 Å². The lowest BCUT2D eigenvalue weighted by Gasteiger charge is -2.29. The number of aromatic nitrogens is 1. The van der Waals surface area contributed by atoms with Crippen LogP contribution >= 0.6 is 0 Å². The summed E-state index contributed by atoms with van der Waals surface area (Å²) in [5.41, 5.74) is 1.08. The molecule has 0 bridgehead atoms. The van der Waals surface area contributed by atoms with Gasteiger partial charge in [-0.15, -0.1) is 0 Å². The highest BCUT2D eigenvalue weighted by molar-refractivity contribution is 7.92. The molecule has 1 aromatic rings. The van der Waals surface area contributed by atoms with Gasteiger partial charge < -0.3 is 5.32 Å².